The van der Waals surface area contributed by atoms with Crippen molar-refractivity contribution in [3.63, 3.8) is 0 Å². The Bertz CT molecular complexity index is 1050. The topological polar surface area (TPSA) is 75.5 Å². The van der Waals surface area contributed by atoms with E-state index in [0.717, 1.165) is 28.3 Å². The molecule has 2 aromatic heterocycles. The van der Waals surface area contributed by atoms with Gasteiger partial charge in [-0.1, -0.05) is 19.1 Å². The number of hydrogen-bond donors (Lipinski definition) is 2. The average molecular weight is 411 g/mol. The minimum Gasteiger partial charge on any atom is -0.350 e. The van der Waals surface area contributed by atoms with Gasteiger partial charge in [0.15, 0.2) is 4.96 Å². The van der Waals surface area contributed by atoms with E-state index in [1.54, 1.807) is 29.5 Å². The molecule has 6 nitrogen and oxygen atoms in total. The monoisotopic (exact) mass is 410 g/mol. The molecule has 0 bridgehead atoms. The SMILES string of the molecule is CC[C@H](C)NC(=O)c1ccc(CNC(=O)/C=C\c2c(C)nc3sc(C)cn23)cc1. The molecule has 7 heteroatoms. The van der Waals surface area contributed by atoms with E-state index in [-0.39, 0.29) is 17.9 Å². The lowest BCUT2D eigenvalue weighted by atomic mass is 10.1. The molecule has 29 heavy (non-hydrogen) atoms. The minimum atomic E-state index is -0.176. The molecule has 3 aromatic rings. The minimum absolute atomic E-state index is 0.0796. The fourth-order valence-electron chi connectivity index (χ4n) is 2.87. The summed E-state index contributed by atoms with van der Waals surface area (Å²) >= 11 is 1.63. The first kappa shape index (κ1) is 20.8. The van der Waals surface area contributed by atoms with Crippen LogP contribution in [0.2, 0.25) is 0 Å². The summed E-state index contributed by atoms with van der Waals surface area (Å²) in [5.41, 5.74) is 3.36. The van der Waals surface area contributed by atoms with Gasteiger partial charge in [-0.2, -0.15) is 0 Å². The van der Waals surface area contributed by atoms with Gasteiger partial charge in [0.05, 0.1) is 11.4 Å². The van der Waals surface area contributed by atoms with E-state index in [1.807, 2.05) is 50.4 Å². The van der Waals surface area contributed by atoms with Crippen LogP contribution in [0.25, 0.3) is 11.0 Å². The first-order chi connectivity index (χ1) is 13.9. The molecule has 0 aliphatic carbocycles. The van der Waals surface area contributed by atoms with Crippen LogP contribution in [0.4, 0.5) is 0 Å². The molecule has 0 radical (unpaired) electrons. The van der Waals surface area contributed by atoms with Crippen molar-refractivity contribution in [1.82, 2.24) is 20.0 Å². The zero-order chi connectivity index (χ0) is 21.0. The molecule has 0 aliphatic heterocycles. The fraction of sp³-hybridized carbons (Fsp3) is 0.318. The third kappa shape index (κ3) is 5.12. The van der Waals surface area contributed by atoms with Crippen molar-refractivity contribution in [3.8, 4) is 0 Å². The number of carbonyl (C=O) groups is 2. The van der Waals surface area contributed by atoms with E-state index >= 15 is 0 Å². The normalized spacial score (nSPS) is 12.4. The van der Waals surface area contributed by atoms with E-state index in [2.05, 4.69) is 15.6 Å². The number of rotatable bonds is 7. The second-order valence-electron chi connectivity index (χ2n) is 7.11. The van der Waals surface area contributed by atoms with Crippen LogP contribution in [0.5, 0.6) is 0 Å². The molecule has 2 N–H and O–H groups in total. The lowest BCUT2D eigenvalue weighted by Crippen LogP contribution is -2.31. The Morgan fingerprint density at radius 2 is 1.97 bits per heavy atom. The number of nitrogens with zero attached hydrogens (tertiary/aromatic N) is 2. The van der Waals surface area contributed by atoms with Crippen LogP contribution < -0.4 is 10.6 Å². The molecule has 0 aliphatic rings. The van der Waals surface area contributed by atoms with Gasteiger partial charge in [0, 0.05) is 35.3 Å². The number of thiazole rings is 1. The van der Waals surface area contributed by atoms with Gasteiger partial charge in [0.1, 0.15) is 0 Å². The molecule has 0 spiro atoms. The smallest absolute Gasteiger partial charge is 0.251 e. The molecule has 1 atom stereocenters. The summed E-state index contributed by atoms with van der Waals surface area (Å²) < 4.78 is 2.00. The second-order valence-corrected chi connectivity index (χ2v) is 8.32. The Labute approximate surface area is 174 Å². The largest absolute Gasteiger partial charge is 0.350 e. The summed E-state index contributed by atoms with van der Waals surface area (Å²) in [6.07, 6.45) is 6.23. The molecular formula is C22H26N4O2S. The number of amides is 2. The maximum absolute atomic E-state index is 12.2. The molecule has 2 heterocycles. The Kier molecular flexibility index (Phi) is 6.49. The molecular weight excluding hydrogens is 384 g/mol. The number of carbonyl (C=O) groups excluding carboxylic acids is 2. The predicted octanol–water partition coefficient (Wildman–Crippen LogP) is 3.87. The van der Waals surface area contributed by atoms with Gasteiger partial charge in [0.25, 0.3) is 5.91 Å². The third-order valence-electron chi connectivity index (χ3n) is 4.73. The highest BCUT2D eigenvalue weighted by Gasteiger charge is 2.10. The van der Waals surface area contributed by atoms with Crippen LogP contribution in [0, 0.1) is 13.8 Å². The van der Waals surface area contributed by atoms with Crippen molar-refractivity contribution in [2.45, 2.75) is 46.7 Å². The van der Waals surface area contributed by atoms with E-state index in [4.69, 9.17) is 0 Å². The van der Waals surface area contributed by atoms with Crippen molar-refractivity contribution in [2.75, 3.05) is 0 Å². The maximum Gasteiger partial charge on any atom is 0.251 e. The zero-order valence-corrected chi connectivity index (χ0v) is 18.0. The number of aromatic nitrogens is 2. The van der Waals surface area contributed by atoms with Crippen LogP contribution >= 0.6 is 11.3 Å². The Morgan fingerprint density at radius 3 is 2.66 bits per heavy atom. The first-order valence-corrected chi connectivity index (χ1v) is 10.5. The molecule has 1 aromatic carbocycles. The predicted molar refractivity (Wildman–Crippen MR) is 117 cm³/mol. The Morgan fingerprint density at radius 1 is 1.24 bits per heavy atom. The quantitative estimate of drug-likeness (QED) is 0.581. The molecule has 0 unspecified atom stereocenters. The van der Waals surface area contributed by atoms with Crippen LogP contribution in [0.1, 0.15) is 52.5 Å². The lowest BCUT2D eigenvalue weighted by molar-refractivity contribution is -0.116. The Balaban J connectivity index is 1.57. The number of hydrogen-bond acceptors (Lipinski definition) is 4. The summed E-state index contributed by atoms with van der Waals surface area (Å²) in [6, 6.07) is 7.41. The highest BCUT2D eigenvalue weighted by Crippen LogP contribution is 2.21. The summed E-state index contributed by atoms with van der Waals surface area (Å²) in [6.45, 7) is 8.38. The van der Waals surface area contributed by atoms with E-state index < -0.39 is 0 Å². The van der Waals surface area contributed by atoms with Crippen LogP contribution in [0.15, 0.2) is 36.5 Å². The van der Waals surface area contributed by atoms with Gasteiger partial charge in [-0.3, -0.25) is 14.0 Å². The summed E-state index contributed by atoms with van der Waals surface area (Å²) in [7, 11) is 0. The number of nitrogens with one attached hydrogen (secondary N) is 2. The van der Waals surface area contributed by atoms with Gasteiger partial charge in [0.2, 0.25) is 5.91 Å². The summed E-state index contributed by atoms with van der Waals surface area (Å²) in [5, 5.41) is 5.81. The van der Waals surface area contributed by atoms with Gasteiger partial charge in [-0.05, 0) is 51.0 Å². The van der Waals surface area contributed by atoms with Crippen LogP contribution in [-0.4, -0.2) is 27.2 Å². The number of benzene rings is 1. The number of aryl methyl sites for hydroxylation is 2. The molecule has 0 saturated heterocycles. The highest BCUT2D eigenvalue weighted by atomic mass is 32.1. The Hall–Kier alpha value is -2.93. The first-order valence-electron chi connectivity index (χ1n) is 9.68. The molecule has 0 fully saturated rings. The van der Waals surface area contributed by atoms with Gasteiger partial charge < -0.3 is 10.6 Å². The van der Waals surface area contributed by atoms with Gasteiger partial charge in [-0.25, -0.2) is 4.98 Å². The van der Waals surface area contributed by atoms with E-state index in [9.17, 15) is 9.59 Å². The van der Waals surface area contributed by atoms with E-state index in [0.29, 0.717) is 12.1 Å². The van der Waals surface area contributed by atoms with Gasteiger partial charge in [-0.15, -0.1) is 11.3 Å². The van der Waals surface area contributed by atoms with Crippen molar-refractivity contribution >= 4 is 34.2 Å². The maximum atomic E-state index is 12.2. The average Bonchev–Trinajstić information content (AvgIpc) is 3.19. The van der Waals surface area contributed by atoms with Crippen molar-refractivity contribution < 1.29 is 9.59 Å². The van der Waals surface area contributed by atoms with Gasteiger partial charge >= 0.3 is 0 Å². The van der Waals surface area contributed by atoms with Crippen molar-refractivity contribution in [1.29, 1.82) is 0 Å². The summed E-state index contributed by atoms with van der Waals surface area (Å²) in [5.74, 6) is -0.256. The number of fused-ring (bicyclic) bond motifs is 1. The standard InChI is InChI=1S/C22H26N4O2S/c1-5-14(2)24-21(28)18-8-6-17(7-9-18)12-23-20(27)11-10-19-16(4)25-22-26(19)13-15(3)29-22/h6-11,13-14H,5,12H2,1-4H3,(H,23,27)(H,24,28)/b11-10-/t14-/m0/s1. The highest BCUT2D eigenvalue weighted by molar-refractivity contribution is 7.17. The fourth-order valence-corrected chi connectivity index (χ4v) is 3.75. The number of imidazole rings is 1. The molecule has 2 amide bonds. The van der Waals surface area contributed by atoms with Crippen molar-refractivity contribution in [2.24, 2.45) is 0 Å². The molecule has 152 valence electrons. The lowest BCUT2D eigenvalue weighted by Gasteiger charge is -2.11. The zero-order valence-electron chi connectivity index (χ0n) is 17.2. The molecule has 0 saturated carbocycles. The molecule has 3 rings (SSSR count). The van der Waals surface area contributed by atoms with Crippen LogP contribution in [0.3, 0.4) is 0 Å². The van der Waals surface area contributed by atoms with Crippen LogP contribution in [-0.2, 0) is 11.3 Å². The second kappa shape index (κ2) is 9.05. The summed E-state index contributed by atoms with van der Waals surface area (Å²) in [4.78, 5) is 30.9. The third-order valence-corrected chi connectivity index (χ3v) is 5.63. The van der Waals surface area contributed by atoms with Crippen molar-refractivity contribution in [3.05, 3.63) is 63.9 Å². The van der Waals surface area contributed by atoms with E-state index in [1.165, 1.54) is 11.0 Å².